The molecular weight excluding hydrogens is 569 g/mol. The van der Waals surface area contributed by atoms with E-state index >= 15 is 0 Å². The zero-order valence-electron chi connectivity index (χ0n) is 25.6. The van der Waals surface area contributed by atoms with Gasteiger partial charge in [0.2, 0.25) is 0 Å². The standard InChI is InChI=1S/C46H28O/c1-3-15-33-29(12-1)14-11-22-36(33)46-39-20-7-5-18-37(39)45(38-19-6-8-21-40(38)46)32-26-30-13-2-4-16-34(30)41(28-32)31-24-25-44-42(27-31)35-17-9-10-23-43(35)47-44/h1-28H. The maximum atomic E-state index is 6.19. The Morgan fingerprint density at radius 2 is 0.809 bits per heavy atom. The van der Waals surface area contributed by atoms with E-state index in [-0.39, 0.29) is 0 Å². The highest BCUT2D eigenvalue weighted by Gasteiger charge is 2.19. The van der Waals surface area contributed by atoms with Gasteiger partial charge < -0.3 is 4.42 Å². The summed E-state index contributed by atoms with van der Waals surface area (Å²) in [4.78, 5) is 0. The lowest BCUT2D eigenvalue weighted by Crippen LogP contribution is -1.92. The zero-order valence-corrected chi connectivity index (χ0v) is 25.6. The SMILES string of the molecule is c1ccc2c(-c3ccc4oc5ccccc5c4c3)cc(-c3c4ccccc4c(-c4cccc5ccccc45)c4ccccc34)cc2c1. The van der Waals surface area contributed by atoms with Crippen LogP contribution in [0.5, 0.6) is 0 Å². The molecule has 1 aromatic heterocycles. The average molecular weight is 597 g/mol. The van der Waals surface area contributed by atoms with E-state index in [9.17, 15) is 0 Å². The molecule has 0 fully saturated rings. The number of benzene rings is 9. The summed E-state index contributed by atoms with van der Waals surface area (Å²) in [6, 6.07) is 61.7. The van der Waals surface area contributed by atoms with Crippen molar-refractivity contribution in [1.29, 1.82) is 0 Å². The monoisotopic (exact) mass is 596 g/mol. The minimum atomic E-state index is 0.913. The fraction of sp³-hybridized carbons (Fsp3) is 0. The highest BCUT2D eigenvalue weighted by Crippen LogP contribution is 2.47. The molecule has 0 aliphatic heterocycles. The highest BCUT2D eigenvalue weighted by molar-refractivity contribution is 6.24. The van der Waals surface area contributed by atoms with E-state index in [1.165, 1.54) is 76.5 Å². The summed E-state index contributed by atoms with van der Waals surface area (Å²) in [5, 5.41) is 12.3. The van der Waals surface area contributed by atoms with Crippen molar-refractivity contribution in [3.05, 3.63) is 170 Å². The van der Waals surface area contributed by atoms with Gasteiger partial charge >= 0.3 is 0 Å². The highest BCUT2D eigenvalue weighted by atomic mass is 16.3. The smallest absolute Gasteiger partial charge is 0.135 e. The molecule has 0 bridgehead atoms. The molecule has 0 spiro atoms. The van der Waals surface area contributed by atoms with E-state index in [4.69, 9.17) is 4.42 Å². The van der Waals surface area contributed by atoms with Crippen LogP contribution in [-0.2, 0) is 0 Å². The summed E-state index contributed by atoms with van der Waals surface area (Å²) in [5.74, 6) is 0. The topological polar surface area (TPSA) is 13.1 Å². The van der Waals surface area contributed by atoms with Gasteiger partial charge in [-0.2, -0.15) is 0 Å². The van der Waals surface area contributed by atoms with E-state index in [0.29, 0.717) is 0 Å². The Hall–Kier alpha value is -6.18. The van der Waals surface area contributed by atoms with E-state index in [1.54, 1.807) is 0 Å². The van der Waals surface area contributed by atoms with Gasteiger partial charge in [0.1, 0.15) is 11.2 Å². The van der Waals surface area contributed by atoms with Crippen molar-refractivity contribution in [3.8, 4) is 33.4 Å². The second-order valence-corrected chi connectivity index (χ2v) is 12.4. The lowest BCUT2D eigenvalue weighted by atomic mass is 9.83. The van der Waals surface area contributed by atoms with Crippen LogP contribution in [0, 0.1) is 0 Å². The maximum absolute atomic E-state index is 6.19. The normalized spacial score (nSPS) is 11.8. The average Bonchev–Trinajstić information content (AvgIpc) is 3.51. The number of para-hydroxylation sites is 1. The Kier molecular flexibility index (Phi) is 5.64. The van der Waals surface area contributed by atoms with Crippen molar-refractivity contribution in [2.24, 2.45) is 0 Å². The van der Waals surface area contributed by atoms with Crippen LogP contribution in [0.3, 0.4) is 0 Å². The molecule has 1 heterocycles. The molecule has 10 rings (SSSR count). The summed E-state index contributed by atoms with van der Waals surface area (Å²) in [6.45, 7) is 0. The fourth-order valence-electron chi connectivity index (χ4n) is 7.76. The van der Waals surface area contributed by atoms with Gasteiger partial charge in [0.25, 0.3) is 0 Å². The molecule has 1 heteroatoms. The summed E-state index contributed by atoms with van der Waals surface area (Å²) in [6.07, 6.45) is 0. The predicted octanol–water partition coefficient (Wildman–Crippen LogP) is 13.2. The predicted molar refractivity (Wildman–Crippen MR) is 200 cm³/mol. The van der Waals surface area contributed by atoms with E-state index in [1.807, 2.05) is 12.1 Å². The summed E-state index contributed by atoms with van der Waals surface area (Å²) in [7, 11) is 0. The van der Waals surface area contributed by atoms with Crippen LogP contribution >= 0.6 is 0 Å². The van der Waals surface area contributed by atoms with E-state index in [2.05, 4.69) is 158 Å². The molecule has 0 saturated carbocycles. The number of hydrogen-bond acceptors (Lipinski definition) is 1. The van der Waals surface area contributed by atoms with Crippen LogP contribution in [0.25, 0.3) is 98.4 Å². The first kappa shape index (κ1) is 26.1. The van der Waals surface area contributed by atoms with Crippen LogP contribution in [0.15, 0.2) is 174 Å². The van der Waals surface area contributed by atoms with Crippen LogP contribution in [-0.4, -0.2) is 0 Å². The minimum Gasteiger partial charge on any atom is -0.456 e. The molecule has 0 saturated heterocycles. The van der Waals surface area contributed by atoms with Crippen LogP contribution < -0.4 is 0 Å². The van der Waals surface area contributed by atoms with E-state index < -0.39 is 0 Å². The van der Waals surface area contributed by atoms with Crippen LogP contribution in [0.4, 0.5) is 0 Å². The van der Waals surface area contributed by atoms with Gasteiger partial charge in [-0.15, -0.1) is 0 Å². The molecule has 0 aliphatic carbocycles. The van der Waals surface area contributed by atoms with Crippen LogP contribution in [0.1, 0.15) is 0 Å². The Balaban J connectivity index is 1.30. The molecule has 0 amide bonds. The second kappa shape index (κ2) is 10.2. The molecule has 9 aromatic carbocycles. The largest absolute Gasteiger partial charge is 0.456 e. The van der Waals surface area contributed by atoms with Crippen LogP contribution in [0.2, 0.25) is 0 Å². The first-order chi connectivity index (χ1) is 23.3. The van der Waals surface area contributed by atoms with Crippen molar-refractivity contribution in [3.63, 3.8) is 0 Å². The van der Waals surface area contributed by atoms with Gasteiger partial charge in [-0.25, -0.2) is 0 Å². The lowest BCUT2D eigenvalue weighted by molar-refractivity contribution is 0.669. The third-order valence-electron chi connectivity index (χ3n) is 9.83. The number of fused-ring (bicyclic) bond motifs is 7. The molecule has 0 N–H and O–H groups in total. The van der Waals surface area contributed by atoms with Gasteiger partial charge in [-0.3, -0.25) is 0 Å². The van der Waals surface area contributed by atoms with Gasteiger partial charge in [-0.1, -0.05) is 140 Å². The quantitative estimate of drug-likeness (QED) is 0.185. The van der Waals surface area contributed by atoms with Crippen molar-refractivity contribution in [2.45, 2.75) is 0 Å². The molecule has 0 aliphatic rings. The van der Waals surface area contributed by atoms with Gasteiger partial charge in [0.15, 0.2) is 0 Å². The zero-order chi connectivity index (χ0) is 30.9. The lowest BCUT2D eigenvalue weighted by Gasteiger charge is -2.20. The van der Waals surface area contributed by atoms with Crippen molar-refractivity contribution < 1.29 is 4.42 Å². The number of furan rings is 1. The second-order valence-electron chi connectivity index (χ2n) is 12.4. The first-order valence-corrected chi connectivity index (χ1v) is 16.2. The molecule has 47 heavy (non-hydrogen) atoms. The third-order valence-corrected chi connectivity index (χ3v) is 9.83. The summed E-state index contributed by atoms with van der Waals surface area (Å²) in [5.41, 5.74) is 9.27. The molecule has 0 atom stereocenters. The van der Waals surface area contributed by atoms with E-state index in [0.717, 1.165) is 21.9 Å². The van der Waals surface area contributed by atoms with Gasteiger partial charge in [-0.05, 0) is 107 Å². The number of hydrogen-bond donors (Lipinski definition) is 0. The molecule has 0 radical (unpaired) electrons. The Morgan fingerprint density at radius 3 is 1.53 bits per heavy atom. The van der Waals surface area contributed by atoms with Crippen molar-refractivity contribution in [2.75, 3.05) is 0 Å². The molecule has 218 valence electrons. The Labute approximate surface area is 271 Å². The Morgan fingerprint density at radius 1 is 0.277 bits per heavy atom. The molecular formula is C46H28O. The fourth-order valence-corrected chi connectivity index (χ4v) is 7.76. The molecule has 0 unspecified atom stereocenters. The third kappa shape index (κ3) is 3.97. The van der Waals surface area contributed by atoms with Gasteiger partial charge in [0.05, 0.1) is 0 Å². The molecule has 10 aromatic rings. The maximum Gasteiger partial charge on any atom is 0.135 e. The van der Waals surface area contributed by atoms with Gasteiger partial charge in [0, 0.05) is 10.8 Å². The summed E-state index contributed by atoms with van der Waals surface area (Å²) >= 11 is 0. The molecule has 1 nitrogen and oxygen atoms in total. The summed E-state index contributed by atoms with van der Waals surface area (Å²) < 4.78 is 6.19. The first-order valence-electron chi connectivity index (χ1n) is 16.2. The Bertz CT molecular complexity index is 2790. The van der Waals surface area contributed by atoms with Crippen molar-refractivity contribution in [1.82, 2.24) is 0 Å². The van der Waals surface area contributed by atoms with Crippen molar-refractivity contribution >= 4 is 65.0 Å². The number of rotatable bonds is 3. The minimum absolute atomic E-state index is 0.913.